The number of carboxylic acid groups (broad SMARTS) is 1. The zero-order valence-electron chi connectivity index (χ0n) is 7.27. The summed E-state index contributed by atoms with van der Waals surface area (Å²) in [6.07, 6.45) is 1.45. The molecule has 0 saturated heterocycles. The van der Waals surface area contributed by atoms with E-state index in [1.54, 1.807) is 0 Å². The maximum absolute atomic E-state index is 10.3. The molecule has 13 heavy (non-hydrogen) atoms. The maximum atomic E-state index is 10.3. The van der Waals surface area contributed by atoms with Crippen LogP contribution in [0.2, 0.25) is 0 Å². The molecular formula is C8H12N2O3. The molecule has 0 aliphatic heterocycles. The zero-order chi connectivity index (χ0) is 10.3. The first kappa shape index (κ1) is 11.4. The first-order valence-corrected chi connectivity index (χ1v) is 3.69. The molecule has 0 rings (SSSR count). The Kier molecular flexibility index (Phi) is 5.18. The van der Waals surface area contributed by atoms with Gasteiger partial charge in [-0.05, 0) is 6.42 Å². The van der Waals surface area contributed by atoms with Crippen molar-refractivity contribution < 1.29 is 14.7 Å². The van der Waals surface area contributed by atoms with Crippen LogP contribution in [-0.4, -0.2) is 35.6 Å². The van der Waals surface area contributed by atoms with Crippen molar-refractivity contribution in [1.29, 1.82) is 0 Å². The minimum Gasteiger partial charge on any atom is -0.480 e. The highest BCUT2D eigenvalue weighted by Gasteiger charge is 2.08. The Bertz CT molecular complexity index is 225. The lowest BCUT2D eigenvalue weighted by atomic mass is 10.2. The highest BCUT2D eigenvalue weighted by atomic mass is 16.4. The number of aliphatic carboxylic acids is 1. The van der Waals surface area contributed by atoms with Gasteiger partial charge in [-0.25, -0.2) is 0 Å². The van der Waals surface area contributed by atoms with Crippen LogP contribution in [-0.2, 0) is 9.59 Å². The molecule has 0 atom stereocenters. The summed E-state index contributed by atoms with van der Waals surface area (Å²) in [5, 5.41) is 13.1. The summed E-state index contributed by atoms with van der Waals surface area (Å²) >= 11 is 0. The number of hydrogen-bond donors (Lipinski definition) is 1. The molecular weight excluding hydrogens is 172 g/mol. The summed E-state index contributed by atoms with van der Waals surface area (Å²) in [6, 6.07) is 0. The second kappa shape index (κ2) is 5.93. The van der Waals surface area contributed by atoms with Crippen molar-refractivity contribution in [2.24, 2.45) is 5.10 Å². The molecule has 5 nitrogen and oxygen atoms in total. The van der Waals surface area contributed by atoms with Gasteiger partial charge in [-0.15, -0.1) is 0 Å². The van der Waals surface area contributed by atoms with E-state index in [0.717, 1.165) is 11.3 Å². The molecule has 0 aromatic rings. The van der Waals surface area contributed by atoms with E-state index < -0.39 is 5.97 Å². The predicted molar refractivity (Wildman–Crippen MR) is 48.3 cm³/mol. The van der Waals surface area contributed by atoms with Gasteiger partial charge in [-0.1, -0.05) is 6.58 Å². The van der Waals surface area contributed by atoms with Crippen LogP contribution in [0.3, 0.4) is 0 Å². The molecule has 0 unspecified atom stereocenters. The fraction of sp³-hybridized carbons (Fsp3) is 0.375. The first-order valence-electron chi connectivity index (χ1n) is 3.69. The highest BCUT2D eigenvalue weighted by Crippen LogP contribution is 2.07. The van der Waals surface area contributed by atoms with Gasteiger partial charge in [0.05, 0.1) is 0 Å². The minimum atomic E-state index is -1.01. The molecule has 0 aliphatic rings. The third-order valence-electron chi connectivity index (χ3n) is 1.37. The monoisotopic (exact) mass is 184 g/mol. The molecule has 0 bridgehead atoms. The SMILES string of the molecule is C=NN(CC(=O)O)C(=C)CCC=O. The molecule has 0 radical (unpaired) electrons. The molecule has 72 valence electrons. The van der Waals surface area contributed by atoms with Crippen molar-refractivity contribution in [2.75, 3.05) is 6.54 Å². The van der Waals surface area contributed by atoms with E-state index in [9.17, 15) is 9.59 Å². The summed E-state index contributed by atoms with van der Waals surface area (Å²) in [5.41, 5.74) is 0.476. The van der Waals surface area contributed by atoms with E-state index in [4.69, 9.17) is 5.11 Å². The molecule has 0 fully saturated rings. The topological polar surface area (TPSA) is 70.0 Å². The number of carbonyl (C=O) groups excluding carboxylic acids is 1. The summed E-state index contributed by atoms with van der Waals surface area (Å²) in [7, 11) is 0. The van der Waals surface area contributed by atoms with E-state index in [0.29, 0.717) is 18.5 Å². The van der Waals surface area contributed by atoms with Gasteiger partial charge < -0.3 is 9.90 Å². The number of allylic oxidation sites excluding steroid dienone is 1. The Labute approximate surface area is 76.3 Å². The Hall–Kier alpha value is -1.65. The predicted octanol–water partition coefficient (Wildman–Crippen LogP) is 0.481. The number of nitrogens with zero attached hydrogens (tertiary/aromatic N) is 2. The van der Waals surface area contributed by atoms with Gasteiger partial charge in [0.1, 0.15) is 12.8 Å². The van der Waals surface area contributed by atoms with E-state index in [2.05, 4.69) is 18.4 Å². The average Bonchev–Trinajstić information content (AvgIpc) is 2.09. The van der Waals surface area contributed by atoms with Crippen molar-refractivity contribution in [3.8, 4) is 0 Å². The Morgan fingerprint density at radius 1 is 1.62 bits per heavy atom. The molecule has 0 aliphatic carbocycles. The molecule has 0 saturated carbocycles. The highest BCUT2D eigenvalue weighted by molar-refractivity contribution is 5.69. The molecule has 0 aromatic carbocycles. The molecule has 5 heteroatoms. The normalized spacial score (nSPS) is 8.92. The van der Waals surface area contributed by atoms with Gasteiger partial charge in [0.25, 0.3) is 0 Å². The first-order chi connectivity index (χ1) is 6.11. The van der Waals surface area contributed by atoms with Crippen molar-refractivity contribution in [2.45, 2.75) is 12.8 Å². The number of hydrogen-bond acceptors (Lipinski definition) is 4. The second-order valence-electron chi connectivity index (χ2n) is 2.36. The van der Waals surface area contributed by atoms with E-state index >= 15 is 0 Å². The summed E-state index contributed by atoms with van der Waals surface area (Å²) in [6.45, 7) is 6.52. The lowest BCUT2D eigenvalue weighted by molar-refractivity contribution is -0.137. The average molecular weight is 184 g/mol. The van der Waals surface area contributed by atoms with E-state index in [1.165, 1.54) is 0 Å². The minimum absolute atomic E-state index is 0.277. The van der Waals surface area contributed by atoms with Gasteiger partial charge in [-0.3, -0.25) is 9.80 Å². The van der Waals surface area contributed by atoms with Gasteiger partial charge >= 0.3 is 5.97 Å². The fourth-order valence-electron chi connectivity index (χ4n) is 0.745. The summed E-state index contributed by atoms with van der Waals surface area (Å²) in [5.74, 6) is -1.01. The van der Waals surface area contributed by atoms with Gasteiger partial charge in [0.15, 0.2) is 0 Å². The Balaban J connectivity index is 4.06. The van der Waals surface area contributed by atoms with Gasteiger partial charge in [-0.2, -0.15) is 5.10 Å². The largest absolute Gasteiger partial charge is 0.480 e. The quantitative estimate of drug-likeness (QED) is 0.355. The lowest BCUT2D eigenvalue weighted by Gasteiger charge is -2.17. The lowest BCUT2D eigenvalue weighted by Crippen LogP contribution is -2.23. The summed E-state index contributed by atoms with van der Waals surface area (Å²) in [4.78, 5) is 20.3. The molecule has 0 spiro atoms. The summed E-state index contributed by atoms with van der Waals surface area (Å²) < 4.78 is 0. The van der Waals surface area contributed by atoms with Crippen LogP contribution >= 0.6 is 0 Å². The van der Waals surface area contributed by atoms with E-state index in [1.807, 2.05) is 0 Å². The van der Waals surface area contributed by atoms with Crippen LogP contribution in [0.5, 0.6) is 0 Å². The number of hydrazone groups is 1. The van der Waals surface area contributed by atoms with Crippen LogP contribution in [0.1, 0.15) is 12.8 Å². The number of rotatable bonds is 7. The third-order valence-corrected chi connectivity index (χ3v) is 1.37. The third kappa shape index (κ3) is 4.73. The van der Waals surface area contributed by atoms with Gasteiger partial charge in [0, 0.05) is 18.8 Å². The smallest absolute Gasteiger partial charge is 0.325 e. The van der Waals surface area contributed by atoms with Crippen molar-refractivity contribution >= 4 is 19.0 Å². The molecule has 0 aromatic heterocycles. The van der Waals surface area contributed by atoms with Crippen LogP contribution in [0.4, 0.5) is 0 Å². The maximum Gasteiger partial charge on any atom is 0.325 e. The Morgan fingerprint density at radius 2 is 2.23 bits per heavy atom. The fourth-order valence-corrected chi connectivity index (χ4v) is 0.745. The Morgan fingerprint density at radius 3 is 2.62 bits per heavy atom. The van der Waals surface area contributed by atoms with E-state index in [-0.39, 0.29) is 6.54 Å². The van der Waals surface area contributed by atoms with Crippen molar-refractivity contribution in [3.05, 3.63) is 12.3 Å². The molecule has 1 N–H and O–H groups in total. The van der Waals surface area contributed by atoms with Crippen molar-refractivity contribution in [3.63, 3.8) is 0 Å². The van der Waals surface area contributed by atoms with Crippen LogP contribution in [0.25, 0.3) is 0 Å². The van der Waals surface area contributed by atoms with Crippen LogP contribution in [0.15, 0.2) is 17.4 Å². The number of carboxylic acids is 1. The van der Waals surface area contributed by atoms with Crippen LogP contribution < -0.4 is 0 Å². The number of carbonyl (C=O) groups is 2. The molecule has 0 amide bonds. The second-order valence-corrected chi connectivity index (χ2v) is 2.36. The van der Waals surface area contributed by atoms with Gasteiger partial charge in [0.2, 0.25) is 0 Å². The zero-order valence-corrected chi connectivity index (χ0v) is 7.27. The number of aldehydes is 1. The molecule has 0 heterocycles. The standard InChI is InChI=1S/C8H12N2O3/c1-7(4-3-5-11)10(9-2)6-8(12)13/h5H,1-4,6H2,(H,12,13). The van der Waals surface area contributed by atoms with Crippen LogP contribution in [0, 0.1) is 0 Å². The van der Waals surface area contributed by atoms with Crippen molar-refractivity contribution in [1.82, 2.24) is 5.01 Å².